The van der Waals surface area contributed by atoms with Crippen molar-refractivity contribution in [2.75, 3.05) is 0 Å². The fourth-order valence-corrected chi connectivity index (χ4v) is 5.16. The molecule has 2 heteroatoms. The average Bonchev–Trinajstić information content (AvgIpc) is 2.84. The Morgan fingerprint density at radius 2 is 1.13 bits per heavy atom. The monoisotopic (exact) mass is 508 g/mol. The molecule has 0 bridgehead atoms. The second-order valence-electron chi connectivity index (χ2n) is 8.08. The molecule has 1 aliphatic carbocycles. The summed E-state index contributed by atoms with van der Waals surface area (Å²) in [7, 11) is 0. The second-order valence-corrected chi connectivity index (χ2v) is 8.80. The SMILES string of the molecule is IC=CC(OC(c1ccccc1)(c1ccccc1)c1ccccc1)C1CCCCC1. The van der Waals surface area contributed by atoms with E-state index in [4.69, 9.17) is 4.74 Å². The molecule has 1 nitrogen and oxygen atoms in total. The van der Waals surface area contributed by atoms with Gasteiger partial charge in [0.1, 0.15) is 5.60 Å². The van der Waals surface area contributed by atoms with E-state index in [0.717, 1.165) is 0 Å². The van der Waals surface area contributed by atoms with Crippen LogP contribution in [0.4, 0.5) is 0 Å². The largest absolute Gasteiger partial charge is 0.353 e. The Morgan fingerprint density at radius 3 is 1.53 bits per heavy atom. The molecular weight excluding hydrogens is 479 g/mol. The maximum Gasteiger partial charge on any atom is 0.144 e. The predicted molar refractivity (Wildman–Crippen MR) is 134 cm³/mol. The van der Waals surface area contributed by atoms with E-state index in [0.29, 0.717) is 5.92 Å². The van der Waals surface area contributed by atoms with Crippen molar-refractivity contribution < 1.29 is 4.74 Å². The van der Waals surface area contributed by atoms with Crippen molar-refractivity contribution in [1.29, 1.82) is 0 Å². The summed E-state index contributed by atoms with van der Waals surface area (Å²) in [6.45, 7) is 0. The van der Waals surface area contributed by atoms with Gasteiger partial charge in [0, 0.05) is 0 Å². The van der Waals surface area contributed by atoms with E-state index in [1.54, 1.807) is 0 Å². The number of hydrogen-bond donors (Lipinski definition) is 0. The highest BCUT2D eigenvalue weighted by Crippen LogP contribution is 2.43. The van der Waals surface area contributed by atoms with Gasteiger partial charge in [-0.05, 0) is 45.6 Å². The summed E-state index contributed by atoms with van der Waals surface area (Å²) < 4.78 is 9.41. The molecule has 3 aromatic rings. The van der Waals surface area contributed by atoms with Crippen molar-refractivity contribution in [2.24, 2.45) is 5.92 Å². The fraction of sp³-hybridized carbons (Fsp3) is 0.286. The van der Waals surface area contributed by atoms with Gasteiger partial charge in [-0.15, -0.1) is 0 Å². The van der Waals surface area contributed by atoms with Gasteiger partial charge in [-0.3, -0.25) is 0 Å². The summed E-state index contributed by atoms with van der Waals surface area (Å²) in [4.78, 5) is 0. The van der Waals surface area contributed by atoms with Crippen LogP contribution in [0.5, 0.6) is 0 Å². The maximum atomic E-state index is 7.28. The molecule has 30 heavy (non-hydrogen) atoms. The van der Waals surface area contributed by atoms with Gasteiger partial charge in [-0.2, -0.15) is 0 Å². The minimum atomic E-state index is -0.651. The van der Waals surface area contributed by atoms with Crippen LogP contribution in [0.2, 0.25) is 0 Å². The van der Waals surface area contributed by atoms with Crippen LogP contribution < -0.4 is 0 Å². The Hall–Kier alpha value is -1.91. The van der Waals surface area contributed by atoms with Crippen LogP contribution >= 0.6 is 22.6 Å². The number of halogens is 1. The third kappa shape index (κ3) is 4.55. The zero-order chi connectivity index (χ0) is 20.7. The van der Waals surface area contributed by atoms with Crippen LogP contribution in [0, 0.1) is 5.92 Å². The first-order chi connectivity index (χ1) is 14.8. The van der Waals surface area contributed by atoms with Gasteiger partial charge >= 0.3 is 0 Å². The highest BCUT2D eigenvalue weighted by atomic mass is 127. The lowest BCUT2D eigenvalue weighted by Crippen LogP contribution is -2.39. The third-order valence-electron chi connectivity index (χ3n) is 6.23. The Kier molecular flexibility index (Phi) is 7.40. The summed E-state index contributed by atoms with van der Waals surface area (Å²) in [5.74, 6) is 0.556. The summed E-state index contributed by atoms with van der Waals surface area (Å²) in [5.41, 5.74) is 2.86. The Labute approximate surface area is 194 Å². The molecule has 4 rings (SSSR count). The number of benzene rings is 3. The van der Waals surface area contributed by atoms with Crippen molar-refractivity contribution >= 4 is 22.6 Å². The minimum absolute atomic E-state index is 0.0721. The highest BCUT2D eigenvalue weighted by molar-refractivity contribution is 14.1. The van der Waals surface area contributed by atoms with Crippen LogP contribution in [0.25, 0.3) is 0 Å². The van der Waals surface area contributed by atoms with Crippen LogP contribution in [0.15, 0.2) is 101 Å². The molecule has 0 saturated heterocycles. The van der Waals surface area contributed by atoms with E-state index in [1.165, 1.54) is 48.8 Å². The molecule has 1 aliphatic rings. The van der Waals surface area contributed by atoms with Crippen LogP contribution in [0.3, 0.4) is 0 Å². The summed E-state index contributed by atoms with van der Waals surface area (Å²) in [5, 5.41) is 0. The van der Waals surface area contributed by atoms with Gasteiger partial charge in [0.2, 0.25) is 0 Å². The molecule has 0 aromatic heterocycles. The molecule has 1 saturated carbocycles. The summed E-state index contributed by atoms with van der Waals surface area (Å²) >= 11 is 2.33. The average molecular weight is 508 g/mol. The quantitative estimate of drug-likeness (QED) is 0.233. The Morgan fingerprint density at radius 1 is 0.700 bits per heavy atom. The molecule has 0 N–H and O–H groups in total. The normalized spacial score (nSPS) is 16.6. The molecule has 3 aromatic carbocycles. The highest BCUT2D eigenvalue weighted by Gasteiger charge is 2.41. The van der Waals surface area contributed by atoms with Crippen LogP contribution in [-0.4, -0.2) is 6.10 Å². The van der Waals surface area contributed by atoms with Gasteiger partial charge < -0.3 is 4.74 Å². The lowest BCUT2D eigenvalue weighted by Gasteiger charge is -2.41. The van der Waals surface area contributed by atoms with Gasteiger partial charge in [0.05, 0.1) is 6.10 Å². The summed E-state index contributed by atoms with van der Waals surface area (Å²) in [6, 6.07) is 32.1. The van der Waals surface area contributed by atoms with Crippen molar-refractivity contribution in [3.63, 3.8) is 0 Å². The molecule has 0 radical (unpaired) electrons. The Bertz CT molecular complexity index is 818. The lowest BCUT2D eigenvalue weighted by molar-refractivity contribution is -0.0566. The molecular formula is C28H29IO. The topological polar surface area (TPSA) is 9.23 Å². The molecule has 0 aliphatic heterocycles. The predicted octanol–water partition coefficient (Wildman–Crippen LogP) is 7.89. The van der Waals surface area contributed by atoms with E-state index in [2.05, 4.69) is 124 Å². The number of ether oxygens (including phenoxy) is 1. The van der Waals surface area contributed by atoms with Gasteiger partial charge in [0.25, 0.3) is 0 Å². The van der Waals surface area contributed by atoms with E-state index >= 15 is 0 Å². The Balaban J connectivity index is 1.89. The van der Waals surface area contributed by atoms with E-state index in [9.17, 15) is 0 Å². The zero-order valence-corrected chi connectivity index (χ0v) is 19.4. The third-order valence-corrected chi connectivity index (χ3v) is 6.65. The fourth-order valence-electron chi connectivity index (χ4n) is 4.75. The van der Waals surface area contributed by atoms with Crippen molar-refractivity contribution in [2.45, 2.75) is 43.8 Å². The van der Waals surface area contributed by atoms with E-state index in [1.807, 2.05) is 0 Å². The second kappa shape index (κ2) is 10.4. The van der Waals surface area contributed by atoms with Crippen molar-refractivity contribution in [3.05, 3.63) is 118 Å². The standard InChI is InChI=1S/C28H29IO/c29-22-21-27(23-13-5-1-6-14-23)30-28(24-15-7-2-8-16-24,25-17-9-3-10-18-25)26-19-11-4-12-20-26/h2-4,7-12,15-23,27H,1,5-6,13-14H2. The first-order valence-electron chi connectivity index (χ1n) is 11.0. The molecule has 0 heterocycles. The van der Waals surface area contributed by atoms with Crippen LogP contribution in [0.1, 0.15) is 48.8 Å². The van der Waals surface area contributed by atoms with Crippen LogP contribution in [-0.2, 0) is 10.3 Å². The first kappa shape index (κ1) is 21.3. The maximum absolute atomic E-state index is 7.28. The van der Waals surface area contributed by atoms with Crippen molar-refractivity contribution in [3.8, 4) is 0 Å². The molecule has 0 amide bonds. The summed E-state index contributed by atoms with van der Waals surface area (Å²) in [6.07, 6.45) is 8.75. The molecule has 0 spiro atoms. The first-order valence-corrected chi connectivity index (χ1v) is 12.2. The minimum Gasteiger partial charge on any atom is -0.353 e. The molecule has 1 atom stereocenters. The van der Waals surface area contributed by atoms with Gasteiger partial charge in [-0.1, -0.05) is 133 Å². The van der Waals surface area contributed by atoms with Gasteiger partial charge in [-0.25, -0.2) is 0 Å². The molecule has 154 valence electrons. The number of hydrogen-bond acceptors (Lipinski definition) is 1. The lowest BCUT2D eigenvalue weighted by atomic mass is 9.78. The van der Waals surface area contributed by atoms with Gasteiger partial charge in [0.15, 0.2) is 0 Å². The van der Waals surface area contributed by atoms with E-state index in [-0.39, 0.29) is 6.10 Å². The van der Waals surface area contributed by atoms with E-state index < -0.39 is 5.60 Å². The smallest absolute Gasteiger partial charge is 0.144 e. The van der Waals surface area contributed by atoms with Crippen molar-refractivity contribution in [1.82, 2.24) is 0 Å². The number of rotatable bonds is 7. The molecule has 1 fully saturated rings. The zero-order valence-electron chi connectivity index (χ0n) is 17.3. The molecule has 1 unspecified atom stereocenters.